The van der Waals surface area contributed by atoms with Gasteiger partial charge in [0, 0.05) is 0 Å². The second-order valence-corrected chi connectivity index (χ2v) is 16.3. The van der Waals surface area contributed by atoms with Gasteiger partial charge in [0.25, 0.3) is 0 Å². The van der Waals surface area contributed by atoms with Crippen molar-refractivity contribution in [2.75, 3.05) is 0 Å². The molecule has 1 aliphatic rings. The SMILES string of the molecule is C[C@@H]1CC(=O)C[C@H](C)[Ge]1([CH3])[CH3]. The van der Waals surface area contributed by atoms with Crippen molar-refractivity contribution in [3.05, 3.63) is 0 Å². The molecule has 1 rings (SSSR count). The number of hydrogen-bond donors (Lipinski definition) is 0. The van der Waals surface area contributed by atoms with Gasteiger partial charge in [0.1, 0.15) is 0 Å². The first kappa shape index (κ1) is 9.30. The first-order valence-electron chi connectivity index (χ1n) is 4.46. The first-order valence-corrected chi connectivity index (χ1v) is 11.1. The van der Waals surface area contributed by atoms with E-state index in [1.54, 1.807) is 0 Å². The average molecular weight is 215 g/mol. The summed E-state index contributed by atoms with van der Waals surface area (Å²) in [6.07, 6.45) is 1.74. The Morgan fingerprint density at radius 2 is 1.55 bits per heavy atom. The van der Waals surface area contributed by atoms with Crippen molar-refractivity contribution in [1.82, 2.24) is 0 Å². The van der Waals surface area contributed by atoms with Crippen LogP contribution < -0.4 is 0 Å². The third-order valence-electron chi connectivity index (χ3n) is 3.61. The molecule has 2 heteroatoms. The van der Waals surface area contributed by atoms with Crippen LogP contribution in [0.25, 0.3) is 0 Å². The van der Waals surface area contributed by atoms with Crippen molar-refractivity contribution in [2.45, 2.75) is 47.7 Å². The molecule has 2 atom stereocenters. The maximum absolute atomic E-state index is 11.2. The molecule has 1 heterocycles. The quantitative estimate of drug-likeness (QED) is 0.567. The number of hydrogen-bond acceptors (Lipinski definition) is 1. The Balaban J connectivity index is 2.75. The normalized spacial score (nSPS) is 37.3. The van der Waals surface area contributed by atoms with Gasteiger partial charge in [0.05, 0.1) is 0 Å². The van der Waals surface area contributed by atoms with Gasteiger partial charge in [-0.3, -0.25) is 0 Å². The van der Waals surface area contributed by atoms with Crippen molar-refractivity contribution < 1.29 is 4.79 Å². The van der Waals surface area contributed by atoms with Crippen LogP contribution in [0.5, 0.6) is 0 Å². The van der Waals surface area contributed by atoms with Crippen LogP contribution in [-0.2, 0) is 4.79 Å². The van der Waals surface area contributed by atoms with E-state index in [0.29, 0.717) is 5.78 Å². The molecule has 0 spiro atoms. The van der Waals surface area contributed by atoms with Crippen molar-refractivity contribution >= 4 is 19.0 Å². The van der Waals surface area contributed by atoms with E-state index in [9.17, 15) is 4.79 Å². The van der Waals surface area contributed by atoms with Gasteiger partial charge in [-0.05, 0) is 0 Å². The second kappa shape index (κ2) is 2.93. The number of carbonyl (C=O) groups is 1. The van der Waals surface area contributed by atoms with Gasteiger partial charge < -0.3 is 0 Å². The molecule has 0 radical (unpaired) electrons. The standard InChI is InChI=1S/C9H18GeO/c1-7-5-9(11)6-8(2)10(7,3)4/h7-8H,5-6H2,1-4H3/t7-,8+. The van der Waals surface area contributed by atoms with Gasteiger partial charge in [-0.2, -0.15) is 0 Å². The Kier molecular flexibility index (Phi) is 2.47. The summed E-state index contributed by atoms with van der Waals surface area (Å²) >= 11 is -1.56. The fraction of sp³-hybridized carbons (Fsp3) is 0.889. The van der Waals surface area contributed by atoms with E-state index in [1.165, 1.54) is 0 Å². The zero-order valence-corrected chi connectivity index (χ0v) is 10.1. The molecule has 0 unspecified atom stereocenters. The van der Waals surface area contributed by atoms with Crippen LogP contribution in [0.15, 0.2) is 0 Å². The molecular formula is C9H18GeO. The summed E-state index contributed by atoms with van der Waals surface area (Å²) in [6.45, 7) is 4.54. The van der Waals surface area contributed by atoms with Gasteiger partial charge in [0.2, 0.25) is 0 Å². The van der Waals surface area contributed by atoms with Crippen LogP contribution in [0.3, 0.4) is 0 Å². The molecule has 0 N–H and O–H groups in total. The molecule has 0 aliphatic carbocycles. The molecule has 0 aromatic carbocycles. The molecular weight excluding hydrogens is 197 g/mol. The van der Waals surface area contributed by atoms with E-state index in [0.717, 1.165) is 22.3 Å². The summed E-state index contributed by atoms with van der Waals surface area (Å²) in [7, 11) is 0. The Morgan fingerprint density at radius 3 is 1.91 bits per heavy atom. The fourth-order valence-electron chi connectivity index (χ4n) is 1.78. The maximum atomic E-state index is 11.2. The molecule has 1 nitrogen and oxygen atoms in total. The zero-order valence-electron chi connectivity index (χ0n) is 7.98. The molecule has 0 bridgehead atoms. The fourth-order valence-corrected chi connectivity index (χ4v) is 6.98. The topological polar surface area (TPSA) is 17.1 Å². The number of Topliss-reactive ketones (excluding diaryl/α,β-unsaturated/α-hetero) is 1. The zero-order chi connectivity index (χ0) is 8.65. The van der Waals surface area contributed by atoms with Crippen LogP contribution in [0, 0.1) is 0 Å². The molecule has 0 aromatic rings. The molecule has 0 amide bonds. The van der Waals surface area contributed by atoms with E-state index in [1.807, 2.05) is 0 Å². The number of rotatable bonds is 0. The Bertz CT molecular complexity index is 158. The Morgan fingerprint density at radius 1 is 1.18 bits per heavy atom. The molecule has 1 aliphatic heterocycles. The summed E-state index contributed by atoms with van der Waals surface area (Å²) in [4.78, 5) is 11.2. The minimum absolute atomic E-state index is 0.495. The first-order chi connectivity index (χ1) is 4.94. The predicted molar refractivity (Wildman–Crippen MR) is 50.6 cm³/mol. The van der Waals surface area contributed by atoms with Crippen molar-refractivity contribution in [1.29, 1.82) is 0 Å². The van der Waals surface area contributed by atoms with E-state index >= 15 is 0 Å². The Labute approximate surface area is 71.9 Å². The van der Waals surface area contributed by atoms with Crippen molar-refractivity contribution in [3.63, 3.8) is 0 Å². The summed E-state index contributed by atoms with van der Waals surface area (Å²) in [5.41, 5.74) is 0. The average Bonchev–Trinajstić information content (AvgIpc) is 1.84. The second-order valence-electron chi connectivity index (χ2n) is 4.57. The van der Waals surface area contributed by atoms with Gasteiger partial charge in [-0.25, -0.2) is 0 Å². The molecule has 64 valence electrons. The summed E-state index contributed by atoms with van der Waals surface area (Å²) in [5, 5.41) is 0. The van der Waals surface area contributed by atoms with E-state index in [2.05, 4.69) is 25.4 Å². The number of ketones is 1. The summed E-state index contributed by atoms with van der Waals surface area (Å²) in [6, 6.07) is 0. The molecule has 11 heavy (non-hydrogen) atoms. The van der Waals surface area contributed by atoms with Gasteiger partial charge >= 0.3 is 71.5 Å². The monoisotopic (exact) mass is 216 g/mol. The number of carbonyl (C=O) groups excluding carboxylic acids is 1. The van der Waals surface area contributed by atoms with E-state index in [4.69, 9.17) is 0 Å². The predicted octanol–water partition coefficient (Wildman–Crippen LogP) is 2.84. The van der Waals surface area contributed by atoms with Crippen molar-refractivity contribution in [2.24, 2.45) is 0 Å². The van der Waals surface area contributed by atoms with Gasteiger partial charge in [0.15, 0.2) is 0 Å². The Hall–Kier alpha value is 0.213. The van der Waals surface area contributed by atoms with Crippen molar-refractivity contribution in [3.8, 4) is 0 Å². The van der Waals surface area contributed by atoms with Crippen LogP contribution in [0.4, 0.5) is 0 Å². The van der Waals surface area contributed by atoms with Crippen LogP contribution in [0.1, 0.15) is 26.7 Å². The molecule has 0 aromatic heterocycles. The van der Waals surface area contributed by atoms with Gasteiger partial charge in [-0.1, -0.05) is 0 Å². The van der Waals surface area contributed by atoms with Crippen LogP contribution in [-0.4, -0.2) is 19.0 Å². The van der Waals surface area contributed by atoms with Gasteiger partial charge in [-0.15, -0.1) is 0 Å². The summed E-state index contributed by atoms with van der Waals surface area (Å²) < 4.78 is 1.48. The third-order valence-corrected chi connectivity index (χ3v) is 15.1. The molecule has 0 saturated carbocycles. The third kappa shape index (κ3) is 1.69. The molecule has 1 saturated heterocycles. The summed E-state index contributed by atoms with van der Waals surface area (Å²) in [5.74, 6) is 5.42. The van der Waals surface area contributed by atoms with Crippen LogP contribution in [0.2, 0.25) is 21.0 Å². The van der Waals surface area contributed by atoms with E-state index in [-0.39, 0.29) is 0 Å². The van der Waals surface area contributed by atoms with Crippen LogP contribution >= 0.6 is 0 Å². The van der Waals surface area contributed by atoms with E-state index < -0.39 is 13.3 Å². The minimum atomic E-state index is -1.56. The molecule has 1 fully saturated rings.